The van der Waals surface area contributed by atoms with Crippen LogP contribution in [-0.2, 0) is 0 Å². The quantitative estimate of drug-likeness (QED) is 0.441. The van der Waals surface area contributed by atoms with Crippen molar-refractivity contribution in [3.63, 3.8) is 0 Å². The predicted molar refractivity (Wildman–Crippen MR) is 55.5 cm³/mol. The van der Waals surface area contributed by atoms with Crippen LogP contribution in [0.5, 0.6) is 0 Å². The van der Waals surface area contributed by atoms with Crippen LogP contribution in [0.15, 0.2) is 47.8 Å². The molecule has 0 saturated heterocycles. The van der Waals surface area contributed by atoms with Crippen molar-refractivity contribution in [1.82, 2.24) is 0 Å². The molecule has 0 aromatic carbocycles. The maximum absolute atomic E-state index is 3.71. The van der Waals surface area contributed by atoms with Crippen LogP contribution < -0.4 is 0 Å². The highest BCUT2D eigenvalue weighted by Gasteiger charge is 1.95. The minimum Gasteiger partial charge on any atom is -0.103 e. The zero-order chi connectivity index (χ0) is 8.69. The molecule has 0 N–H and O–H groups in total. The van der Waals surface area contributed by atoms with Crippen molar-refractivity contribution in [3.8, 4) is 0 Å². The molecule has 0 radical (unpaired) electrons. The van der Waals surface area contributed by atoms with Crippen LogP contribution in [0.1, 0.15) is 13.3 Å². The molecule has 60 valence electrons. The average molecular weight is 166 g/mol. The number of hydrogen-bond donors (Lipinski definition) is 0. The Morgan fingerprint density at radius 1 is 1.36 bits per heavy atom. The van der Waals surface area contributed by atoms with Gasteiger partial charge in [-0.15, -0.1) is 18.3 Å². The summed E-state index contributed by atoms with van der Waals surface area (Å²) in [6.45, 7) is 13.1. The van der Waals surface area contributed by atoms with Gasteiger partial charge in [-0.05, 0) is 29.2 Å². The van der Waals surface area contributed by atoms with Gasteiger partial charge in [0.2, 0.25) is 0 Å². The zero-order valence-corrected chi connectivity index (χ0v) is 7.79. The number of allylic oxidation sites excluding steroid dienone is 4. The molecule has 0 amide bonds. The van der Waals surface area contributed by atoms with E-state index in [2.05, 4.69) is 19.7 Å². The second-order valence-corrected chi connectivity index (χ2v) is 3.15. The van der Waals surface area contributed by atoms with Gasteiger partial charge in [0.25, 0.3) is 0 Å². The van der Waals surface area contributed by atoms with E-state index in [9.17, 15) is 0 Å². The molecule has 0 unspecified atom stereocenters. The van der Waals surface area contributed by atoms with Crippen LogP contribution in [0.25, 0.3) is 0 Å². The summed E-state index contributed by atoms with van der Waals surface area (Å²) in [5.41, 5.74) is 1.20. The van der Waals surface area contributed by atoms with E-state index >= 15 is 0 Å². The monoisotopic (exact) mass is 166 g/mol. The molecule has 0 aromatic rings. The molecule has 0 heterocycles. The first-order valence-corrected chi connectivity index (χ1v) is 4.34. The summed E-state index contributed by atoms with van der Waals surface area (Å²) in [4.78, 5) is 1.27. The van der Waals surface area contributed by atoms with E-state index in [-0.39, 0.29) is 0 Å². The molecule has 0 rings (SSSR count). The lowest BCUT2D eigenvalue weighted by molar-refractivity contribution is 1.31. The van der Waals surface area contributed by atoms with E-state index in [0.717, 1.165) is 6.42 Å². The Morgan fingerprint density at radius 2 is 2.00 bits per heavy atom. The number of rotatable bonds is 5. The Morgan fingerprint density at radius 3 is 2.36 bits per heavy atom. The van der Waals surface area contributed by atoms with Gasteiger partial charge in [-0.2, -0.15) is 0 Å². The molecule has 0 bridgehead atoms. The van der Waals surface area contributed by atoms with Gasteiger partial charge in [0.1, 0.15) is 0 Å². The van der Waals surface area contributed by atoms with Crippen molar-refractivity contribution in [3.05, 3.63) is 47.8 Å². The second-order valence-electron chi connectivity index (χ2n) is 2.09. The van der Waals surface area contributed by atoms with Gasteiger partial charge >= 0.3 is 0 Å². The fraction of sp³-hybridized carbons (Fsp3) is 0.200. The first kappa shape index (κ1) is 10.3. The van der Waals surface area contributed by atoms with E-state index in [1.807, 2.05) is 24.5 Å². The van der Waals surface area contributed by atoms with Crippen LogP contribution in [0.4, 0.5) is 0 Å². The van der Waals surface area contributed by atoms with E-state index in [1.54, 1.807) is 11.8 Å². The second kappa shape index (κ2) is 6.05. The Labute approximate surface area is 73.4 Å². The van der Waals surface area contributed by atoms with Crippen molar-refractivity contribution in [2.24, 2.45) is 0 Å². The Bertz CT molecular complexity index is 175. The Balaban J connectivity index is 4.40. The molecule has 0 atom stereocenters. The Kier molecular flexibility index (Phi) is 5.67. The van der Waals surface area contributed by atoms with Gasteiger partial charge < -0.3 is 0 Å². The lowest BCUT2D eigenvalue weighted by Crippen LogP contribution is -1.77. The number of hydrogen-bond acceptors (Lipinski definition) is 1. The molecule has 1 heteroatoms. The van der Waals surface area contributed by atoms with Crippen LogP contribution in [0.2, 0.25) is 0 Å². The molecule has 11 heavy (non-hydrogen) atoms. The molecule has 0 aliphatic carbocycles. The van der Waals surface area contributed by atoms with E-state index < -0.39 is 0 Å². The summed E-state index contributed by atoms with van der Waals surface area (Å²) in [6.07, 6.45) is 4.64. The third kappa shape index (κ3) is 3.89. The highest BCUT2D eigenvalue weighted by molar-refractivity contribution is 8.05. The van der Waals surface area contributed by atoms with E-state index in [1.165, 1.54) is 10.5 Å². The van der Waals surface area contributed by atoms with Crippen molar-refractivity contribution < 1.29 is 0 Å². The Hall–Kier alpha value is -0.690. The van der Waals surface area contributed by atoms with Crippen molar-refractivity contribution >= 4 is 11.8 Å². The van der Waals surface area contributed by atoms with Gasteiger partial charge in [-0.1, -0.05) is 25.3 Å². The van der Waals surface area contributed by atoms with Gasteiger partial charge in [0, 0.05) is 0 Å². The average Bonchev–Trinajstić information content (AvgIpc) is 2.03. The lowest BCUT2D eigenvalue weighted by atomic mass is 10.2. The van der Waals surface area contributed by atoms with Crippen LogP contribution in [-0.4, -0.2) is 0 Å². The highest BCUT2D eigenvalue weighted by Crippen LogP contribution is 2.24. The van der Waals surface area contributed by atoms with Gasteiger partial charge in [0.15, 0.2) is 0 Å². The normalized spacial score (nSPS) is 11.7. The third-order valence-electron chi connectivity index (χ3n) is 1.30. The summed E-state index contributed by atoms with van der Waals surface area (Å²) in [5.74, 6) is 0. The minimum absolute atomic E-state index is 0.897. The summed E-state index contributed by atoms with van der Waals surface area (Å²) >= 11 is 1.63. The maximum Gasteiger partial charge on any atom is -0.00339 e. The maximum atomic E-state index is 3.71. The molecule has 0 spiro atoms. The van der Waals surface area contributed by atoms with Gasteiger partial charge in [-0.3, -0.25) is 0 Å². The van der Waals surface area contributed by atoms with Crippen molar-refractivity contribution in [2.75, 3.05) is 0 Å². The van der Waals surface area contributed by atoms with Gasteiger partial charge in [-0.25, -0.2) is 0 Å². The predicted octanol–water partition coefficient (Wildman–Crippen LogP) is 3.90. The molecule has 0 aliphatic rings. The largest absolute Gasteiger partial charge is 0.103 e. The van der Waals surface area contributed by atoms with Crippen molar-refractivity contribution in [1.29, 1.82) is 0 Å². The minimum atomic E-state index is 0.897. The third-order valence-corrected chi connectivity index (χ3v) is 2.24. The smallest absolute Gasteiger partial charge is 0.00339 e. The summed E-state index contributed by atoms with van der Waals surface area (Å²) in [5, 5.41) is 1.83. The molecule has 0 aromatic heterocycles. The molecular formula is C10H14S. The fourth-order valence-corrected chi connectivity index (χ4v) is 1.33. The summed E-state index contributed by atoms with van der Waals surface area (Å²) in [6, 6.07) is 0. The standard InChI is InChI=1S/C10H14S/c1-5-8-10(11-7-3)9(4)6-2/h5-7H,1-3,8H2,4H3/b10-9+. The van der Waals surface area contributed by atoms with Crippen LogP contribution in [0, 0.1) is 0 Å². The highest BCUT2D eigenvalue weighted by atomic mass is 32.2. The fourth-order valence-electron chi connectivity index (χ4n) is 0.648. The van der Waals surface area contributed by atoms with E-state index in [0.29, 0.717) is 0 Å². The van der Waals surface area contributed by atoms with Crippen LogP contribution >= 0.6 is 11.8 Å². The molecule has 0 fully saturated rings. The molecular weight excluding hydrogens is 152 g/mol. The van der Waals surface area contributed by atoms with Crippen molar-refractivity contribution in [2.45, 2.75) is 13.3 Å². The first-order chi connectivity index (χ1) is 5.26. The molecule has 0 nitrogen and oxygen atoms in total. The zero-order valence-electron chi connectivity index (χ0n) is 6.97. The number of thioether (sulfide) groups is 1. The van der Waals surface area contributed by atoms with Gasteiger partial charge in [0.05, 0.1) is 0 Å². The molecule has 0 saturated carbocycles. The summed E-state index contributed by atoms with van der Waals surface area (Å²) in [7, 11) is 0. The van der Waals surface area contributed by atoms with E-state index in [4.69, 9.17) is 0 Å². The van der Waals surface area contributed by atoms with Crippen LogP contribution in [0.3, 0.4) is 0 Å². The topological polar surface area (TPSA) is 0 Å². The summed E-state index contributed by atoms with van der Waals surface area (Å²) < 4.78 is 0. The SMILES string of the molecule is C=CC/C(SC=C)=C(/C)C=C. The lowest BCUT2D eigenvalue weighted by Gasteiger charge is -2.02. The molecule has 0 aliphatic heterocycles. The first-order valence-electron chi connectivity index (χ1n) is 3.47.